The molecule has 35 heavy (non-hydrogen) atoms. The first-order valence-corrected chi connectivity index (χ1v) is 11.3. The molecule has 0 radical (unpaired) electrons. The molecule has 0 bridgehead atoms. The number of nitro groups is 1. The number of non-ortho nitro benzene ring substituents is 1. The first-order valence-electron chi connectivity index (χ1n) is 11.3. The van der Waals surface area contributed by atoms with Gasteiger partial charge in [-0.05, 0) is 38.0 Å². The van der Waals surface area contributed by atoms with Crippen LogP contribution in [-0.4, -0.2) is 25.2 Å². The second-order valence-electron chi connectivity index (χ2n) is 9.72. The molecular weight excluding hydrogens is 448 g/mol. The molecule has 0 spiro atoms. The van der Waals surface area contributed by atoms with Gasteiger partial charge in [0.05, 0.1) is 39.4 Å². The third-order valence-electron chi connectivity index (χ3n) is 6.74. The average molecular weight is 475 g/mol. The van der Waals surface area contributed by atoms with E-state index >= 15 is 0 Å². The fraction of sp³-hybridized carbons (Fsp3) is 0.308. The van der Waals surface area contributed by atoms with Crippen LogP contribution in [0.25, 0.3) is 22.2 Å². The molecule has 2 aromatic heterocycles. The third kappa shape index (κ3) is 3.34. The largest absolute Gasteiger partial charge is 0.365 e. The lowest BCUT2D eigenvalue weighted by Crippen LogP contribution is -2.40. The SMILES string of the molecule is Cc1cccc(-c2c3c(=O)n(C)c(=O)n(C)c3c3n2C(C)(C)CO[C@H]3c2cccc([N+](=O)[O-])c2)c1. The van der Waals surface area contributed by atoms with Gasteiger partial charge >= 0.3 is 5.69 Å². The van der Waals surface area contributed by atoms with Crippen molar-refractivity contribution in [3.8, 4) is 11.3 Å². The minimum Gasteiger partial charge on any atom is -0.365 e. The molecule has 0 amide bonds. The maximum absolute atomic E-state index is 13.6. The van der Waals surface area contributed by atoms with Gasteiger partial charge in [-0.2, -0.15) is 0 Å². The van der Waals surface area contributed by atoms with E-state index in [0.717, 1.165) is 15.7 Å². The Kier molecular flexibility index (Phi) is 5.06. The second kappa shape index (κ2) is 7.78. The molecule has 1 aliphatic heterocycles. The highest BCUT2D eigenvalue weighted by atomic mass is 16.6. The van der Waals surface area contributed by atoms with Gasteiger partial charge in [-0.15, -0.1) is 0 Å². The van der Waals surface area contributed by atoms with E-state index in [4.69, 9.17) is 4.74 Å². The molecule has 1 atom stereocenters. The van der Waals surface area contributed by atoms with E-state index in [2.05, 4.69) is 4.57 Å². The monoisotopic (exact) mass is 474 g/mol. The highest BCUT2D eigenvalue weighted by Crippen LogP contribution is 2.45. The summed E-state index contributed by atoms with van der Waals surface area (Å²) in [5.41, 5.74) is 2.82. The van der Waals surface area contributed by atoms with E-state index in [1.165, 1.54) is 23.7 Å². The molecule has 180 valence electrons. The number of nitro benzene ring substituents is 1. The minimum atomic E-state index is -0.707. The molecule has 4 aromatic rings. The Morgan fingerprint density at radius 2 is 1.77 bits per heavy atom. The fourth-order valence-electron chi connectivity index (χ4n) is 5.12. The Morgan fingerprint density at radius 3 is 2.46 bits per heavy atom. The summed E-state index contributed by atoms with van der Waals surface area (Å²) in [7, 11) is 3.11. The van der Waals surface area contributed by atoms with Gasteiger partial charge in [0.2, 0.25) is 0 Å². The summed E-state index contributed by atoms with van der Waals surface area (Å²) in [5.74, 6) is 0. The molecule has 9 nitrogen and oxygen atoms in total. The average Bonchev–Trinajstić information content (AvgIpc) is 3.19. The van der Waals surface area contributed by atoms with E-state index < -0.39 is 27.8 Å². The van der Waals surface area contributed by atoms with Crippen molar-refractivity contribution in [2.75, 3.05) is 6.61 Å². The van der Waals surface area contributed by atoms with Crippen LogP contribution in [0, 0.1) is 17.0 Å². The number of nitrogens with zero attached hydrogens (tertiary/aromatic N) is 4. The fourth-order valence-corrected chi connectivity index (χ4v) is 5.12. The molecule has 0 unspecified atom stereocenters. The van der Waals surface area contributed by atoms with Gasteiger partial charge in [0.15, 0.2) is 0 Å². The molecule has 9 heteroatoms. The Bertz CT molecular complexity index is 1640. The molecule has 0 saturated heterocycles. The van der Waals surface area contributed by atoms with E-state index in [0.29, 0.717) is 34.5 Å². The predicted molar refractivity (Wildman–Crippen MR) is 133 cm³/mol. The van der Waals surface area contributed by atoms with Gasteiger partial charge in [-0.1, -0.05) is 35.9 Å². The van der Waals surface area contributed by atoms with E-state index in [1.54, 1.807) is 19.2 Å². The highest BCUT2D eigenvalue weighted by Gasteiger charge is 2.41. The number of aromatic nitrogens is 3. The van der Waals surface area contributed by atoms with Gasteiger partial charge in [0.1, 0.15) is 6.10 Å². The zero-order chi connectivity index (χ0) is 25.2. The van der Waals surface area contributed by atoms with E-state index in [1.807, 2.05) is 45.0 Å². The quantitative estimate of drug-likeness (QED) is 0.332. The van der Waals surface area contributed by atoms with Crippen LogP contribution in [0.5, 0.6) is 0 Å². The Balaban J connectivity index is 1.99. The summed E-state index contributed by atoms with van der Waals surface area (Å²) >= 11 is 0. The lowest BCUT2D eigenvalue weighted by atomic mass is 9.97. The smallest absolute Gasteiger partial charge is 0.331 e. The maximum Gasteiger partial charge on any atom is 0.331 e. The van der Waals surface area contributed by atoms with Crippen LogP contribution in [0.2, 0.25) is 0 Å². The van der Waals surface area contributed by atoms with E-state index in [-0.39, 0.29) is 5.69 Å². The van der Waals surface area contributed by atoms with Gasteiger partial charge in [-0.3, -0.25) is 24.0 Å². The van der Waals surface area contributed by atoms with Gasteiger partial charge < -0.3 is 9.30 Å². The number of aryl methyl sites for hydroxylation is 2. The summed E-state index contributed by atoms with van der Waals surface area (Å²) < 4.78 is 11.0. The van der Waals surface area contributed by atoms with Gasteiger partial charge in [-0.25, -0.2) is 4.79 Å². The first kappa shape index (κ1) is 22.8. The van der Waals surface area contributed by atoms with Crippen molar-refractivity contribution in [3.05, 3.63) is 96.3 Å². The number of ether oxygens (including phenoxy) is 1. The van der Waals surface area contributed by atoms with Crippen LogP contribution in [0.15, 0.2) is 58.1 Å². The predicted octanol–water partition coefficient (Wildman–Crippen LogP) is 3.78. The first-order chi connectivity index (χ1) is 16.5. The van der Waals surface area contributed by atoms with Gasteiger partial charge in [0.25, 0.3) is 11.2 Å². The molecular formula is C26H26N4O5. The van der Waals surface area contributed by atoms with Crippen LogP contribution < -0.4 is 11.2 Å². The number of hydrogen-bond donors (Lipinski definition) is 0. The molecule has 3 heterocycles. The van der Waals surface area contributed by atoms with Crippen LogP contribution in [0.1, 0.15) is 36.8 Å². The topological polar surface area (TPSA) is 101 Å². The van der Waals surface area contributed by atoms with Crippen molar-refractivity contribution in [1.82, 2.24) is 13.7 Å². The lowest BCUT2D eigenvalue weighted by molar-refractivity contribution is -0.385. The maximum atomic E-state index is 13.6. The minimum absolute atomic E-state index is 0.0537. The summed E-state index contributed by atoms with van der Waals surface area (Å²) in [4.78, 5) is 37.6. The standard InChI is InChI=1S/C26H26N4O5/c1-15-8-6-9-16(12-15)20-19-21(27(4)25(32)28(5)24(19)31)22-23(35-14-26(2,3)29(20)22)17-10-7-11-18(13-17)30(33)34/h6-13,23H,14H2,1-5H3/t23-/m0/s1. The molecule has 1 aliphatic rings. The Morgan fingerprint density at radius 1 is 1.06 bits per heavy atom. The van der Waals surface area contributed by atoms with Crippen LogP contribution in [0.3, 0.4) is 0 Å². The Labute approximate surface area is 201 Å². The molecule has 0 aliphatic carbocycles. The van der Waals surface area contributed by atoms with Crippen molar-refractivity contribution >= 4 is 16.6 Å². The molecule has 0 saturated carbocycles. The molecule has 5 rings (SSSR count). The summed E-state index contributed by atoms with van der Waals surface area (Å²) in [6, 6.07) is 14.2. The van der Waals surface area contributed by atoms with Crippen molar-refractivity contribution in [1.29, 1.82) is 0 Å². The van der Waals surface area contributed by atoms with Crippen molar-refractivity contribution in [2.45, 2.75) is 32.4 Å². The van der Waals surface area contributed by atoms with Crippen LogP contribution in [-0.2, 0) is 24.4 Å². The molecule has 2 aromatic carbocycles. The lowest BCUT2D eigenvalue weighted by Gasteiger charge is -2.39. The second-order valence-corrected chi connectivity index (χ2v) is 9.72. The molecule has 0 N–H and O–H groups in total. The Hall–Kier alpha value is -3.98. The summed E-state index contributed by atoms with van der Waals surface area (Å²) in [6.07, 6.45) is -0.707. The van der Waals surface area contributed by atoms with Crippen molar-refractivity contribution < 1.29 is 9.66 Å². The van der Waals surface area contributed by atoms with Crippen molar-refractivity contribution in [2.24, 2.45) is 14.1 Å². The van der Waals surface area contributed by atoms with Gasteiger partial charge in [0, 0.05) is 26.2 Å². The van der Waals surface area contributed by atoms with Crippen LogP contribution >= 0.6 is 0 Å². The summed E-state index contributed by atoms with van der Waals surface area (Å²) in [5, 5.41) is 11.9. The summed E-state index contributed by atoms with van der Waals surface area (Å²) in [6.45, 7) is 6.32. The van der Waals surface area contributed by atoms with Crippen LogP contribution in [0.4, 0.5) is 5.69 Å². The zero-order valence-electron chi connectivity index (χ0n) is 20.2. The third-order valence-corrected chi connectivity index (χ3v) is 6.74. The number of benzene rings is 2. The number of hydrogen-bond acceptors (Lipinski definition) is 5. The number of rotatable bonds is 3. The normalized spacial score (nSPS) is 16.9. The molecule has 0 fully saturated rings. The number of fused-ring (bicyclic) bond motifs is 3. The van der Waals surface area contributed by atoms with E-state index in [9.17, 15) is 19.7 Å². The van der Waals surface area contributed by atoms with Crippen molar-refractivity contribution in [3.63, 3.8) is 0 Å². The zero-order valence-corrected chi connectivity index (χ0v) is 20.2. The highest BCUT2D eigenvalue weighted by molar-refractivity contribution is 5.97.